The van der Waals surface area contributed by atoms with E-state index in [-0.39, 0.29) is 24.9 Å². The first-order chi connectivity index (χ1) is 13.1. The molecule has 0 fully saturated rings. The summed E-state index contributed by atoms with van der Waals surface area (Å²) in [6.45, 7) is 2.88. The van der Waals surface area contributed by atoms with Crippen LogP contribution in [0.3, 0.4) is 0 Å². The number of nitrogens with zero attached hydrogens (tertiary/aromatic N) is 3. The Morgan fingerprint density at radius 3 is 2.96 bits per heavy atom. The molecule has 8 nitrogen and oxygen atoms in total. The topological polar surface area (TPSA) is 101 Å². The molecule has 9 heteroatoms. The number of fused-ring (bicyclic) bond motifs is 2. The van der Waals surface area contributed by atoms with Gasteiger partial charge in [0.1, 0.15) is 29.6 Å². The summed E-state index contributed by atoms with van der Waals surface area (Å²) in [6, 6.07) is 6.08. The Hall–Kier alpha value is -3.20. The highest BCUT2D eigenvalue weighted by Gasteiger charge is 2.15. The quantitative estimate of drug-likeness (QED) is 0.553. The number of amides is 1. The Morgan fingerprint density at radius 1 is 1.33 bits per heavy atom. The van der Waals surface area contributed by atoms with E-state index in [0.29, 0.717) is 41.4 Å². The lowest BCUT2D eigenvalue weighted by Gasteiger charge is -2.12. The monoisotopic (exact) mass is 373 g/mol. The molecule has 1 aliphatic rings. The molecule has 2 aromatic heterocycles. The van der Waals surface area contributed by atoms with Crippen LogP contribution in [0.25, 0.3) is 5.65 Å². The van der Waals surface area contributed by atoms with Crippen LogP contribution >= 0.6 is 0 Å². The van der Waals surface area contributed by atoms with E-state index < -0.39 is 0 Å². The Labute approximate surface area is 155 Å². The third-order valence-electron chi connectivity index (χ3n) is 3.74. The minimum absolute atomic E-state index is 0.250. The summed E-state index contributed by atoms with van der Waals surface area (Å²) in [4.78, 5) is 16.7. The van der Waals surface area contributed by atoms with Crippen LogP contribution in [-0.4, -0.2) is 45.4 Å². The van der Waals surface area contributed by atoms with Gasteiger partial charge in [0.15, 0.2) is 5.65 Å². The molecule has 0 saturated heterocycles. The van der Waals surface area contributed by atoms with E-state index in [2.05, 4.69) is 20.7 Å². The molecule has 3 N–H and O–H groups in total. The number of nitrogens with one attached hydrogen (secondary N) is 2. The second-order valence-corrected chi connectivity index (χ2v) is 5.67. The van der Waals surface area contributed by atoms with Crippen molar-refractivity contribution in [2.24, 2.45) is 0 Å². The fraction of sp³-hybridized carbons (Fsp3) is 0.278. The molecule has 1 aromatic carbocycles. The van der Waals surface area contributed by atoms with Crippen molar-refractivity contribution < 1.29 is 19.0 Å². The van der Waals surface area contributed by atoms with E-state index in [4.69, 9.17) is 9.84 Å². The number of aliphatic hydroxyl groups is 1. The molecule has 4 rings (SSSR count). The van der Waals surface area contributed by atoms with Gasteiger partial charge in [-0.2, -0.15) is 5.10 Å². The second kappa shape index (κ2) is 8.45. The van der Waals surface area contributed by atoms with Crippen LogP contribution in [0.5, 0.6) is 5.75 Å². The van der Waals surface area contributed by atoms with E-state index in [9.17, 15) is 9.18 Å². The van der Waals surface area contributed by atoms with Crippen molar-refractivity contribution in [3.8, 4) is 5.75 Å². The molecule has 0 radical (unpaired) electrons. The van der Waals surface area contributed by atoms with Crippen molar-refractivity contribution in [2.45, 2.75) is 13.5 Å². The van der Waals surface area contributed by atoms with Crippen LogP contribution < -0.4 is 15.4 Å². The molecule has 2 bridgehead atoms. The number of ether oxygens (including phenoxy) is 1. The molecule has 27 heavy (non-hydrogen) atoms. The molecule has 1 amide bonds. The van der Waals surface area contributed by atoms with Crippen molar-refractivity contribution in [3.63, 3.8) is 0 Å². The third-order valence-corrected chi connectivity index (χ3v) is 3.74. The van der Waals surface area contributed by atoms with Gasteiger partial charge in [-0.25, -0.2) is 13.9 Å². The number of benzene rings is 1. The zero-order valence-electron chi connectivity index (χ0n) is 14.8. The molecule has 0 saturated carbocycles. The molecular formula is C18H20FN5O3. The van der Waals surface area contributed by atoms with Crippen LogP contribution in [0.4, 0.5) is 10.2 Å². The van der Waals surface area contributed by atoms with E-state index in [1.165, 1.54) is 22.8 Å². The first kappa shape index (κ1) is 18.6. The van der Waals surface area contributed by atoms with Gasteiger partial charge >= 0.3 is 0 Å². The number of aliphatic hydroxyl groups excluding tert-OH is 1. The highest BCUT2D eigenvalue weighted by atomic mass is 19.1. The molecule has 0 atom stereocenters. The number of halogens is 1. The highest BCUT2D eigenvalue weighted by Crippen LogP contribution is 2.21. The van der Waals surface area contributed by atoms with Gasteiger partial charge in [0.25, 0.3) is 5.91 Å². The summed E-state index contributed by atoms with van der Waals surface area (Å²) in [7, 11) is 0. The zero-order valence-corrected chi connectivity index (χ0v) is 14.8. The summed E-state index contributed by atoms with van der Waals surface area (Å²) >= 11 is 0. The lowest BCUT2D eigenvalue weighted by atomic mass is 10.2. The Bertz CT molecular complexity index is 944. The van der Waals surface area contributed by atoms with Gasteiger partial charge in [0.05, 0.1) is 12.7 Å². The van der Waals surface area contributed by atoms with Crippen LogP contribution in [0.15, 0.2) is 36.7 Å². The number of hydrogen-bond donors (Lipinski definition) is 3. The van der Waals surface area contributed by atoms with Crippen molar-refractivity contribution in [2.75, 3.05) is 25.1 Å². The van der Waals surface area contributed by atoms with Crippen LogP contribution in [0.1, 0.15) is 22.8 Å². The average Bonchev–Trinajstić information content (AvgIpc) is 3.08. The summed E-state index contributed by atoms with van der Waals surface area (Å²) in [5.41, 5.74) is 1.52. The van der Waals surface area contributed by atoms with E-state index in [0.717, 1.165) is 0 Å². The normalized spacial score (nSPS) is 13.7. The average molecular weight is 373 g/mol. The molecule has 0 aliphatic carbocycles. The lowest BCUT2D eigenvalue weighted by Crippen LogP contribution is -2.28. The Morgan fingerprint density at radius 2 is 2.15 bits per heavy atom. The van der Waals surface area contributed by atoms with Gasteiger partial charge < -0.3 is 20.5 Å². The van der Waals surface area contributed by atoms with E-state index in [1.807, 2.05) is 0 Å². The molecular weight excluding hydrogens is 353 g/mol. The highest BCUT2D eigenvalue weighted by molar-refractivity contribution is 5.99. The second-order valence-electron chi connectivity index (χ2n) is 5.67. The molecule has 3 heterocycles. The first-order valence-electron chi connectivity index (χ1n) is 8.51. The summed E-state index contributed by atoms with van der Waals surface area (Å²) in [5, 5.41) is 17.6. The first-order valence-corrected chi connectivity index (χ1v) is 8.51. The van der Waals surface area contributed by atoms with Gasteiger partial charge in [-0.05, 0) is 31.2 Å². The van der Waals surface area contributed by atoms with Gasteiger partial charge in [0.2, 0.25) is 0 Å². The maximum atomic E-state index is 13.5. The minimum atomic E-state index is -0.335. The summed E-state index contributed by atoms with van der Waals surface area (Å²) < 4.78 is 20.7. The zero-order chi connectivity index (χ0) is 19.2. The van der Waals surface area contributed by atoms with Crippen LogP contribution in [0, 0.1) is 5.82 Å². The smallest absolute Gasteiger partial charge is 0.256 e. The van der Waals surface area contributed by atoms with Crippen molar-refractivity contribution in [1.29, 1.82) is 0 Å². The minimum Gasteiger partial charge on any atom is -0.491 e. The predicted octanol–water partition coefficient (Wildman–Crippen LogP) is 1.60. The molecule has 0 spiro atoms. The SMILES string of the molecule is CCO.O=C1NCCOc2ccc(F)cc2CNc2ccn3ncc1c3n2. The standard InChI is InChI=1S/C16H14FN5O2.C2H6O/c17-11-1-2-13-10(7-11)8-19-14-3-5-22-15(21-14)12(9-20-22)16(23)18-4-6-24-13;1-2-3/h1-3,5,7,9H,4,6,8H2,(H,18,23)(H,19,21);3H,2H2,1H3. The number of carbonyl (C=O) groups excluding carboxylic acids is 1. The van der Waals surface area contributed by atoms with Gasteiger partial charge in [-0.1, -0.05) is 0 Å². The fourth-order valence-corrected chi connectivity index (χ4v) is 2.56. The van der Waals surface area contributed by atoms with Gasteiger partial charge in [-0.15, -0.1) is 0 Å². The largest absolute Gasteiger partial charge is 0.491 e. The number of rotatable bonds is 0. The number of aromatic nitrogens is 3. The van der Waals surface area contributed by atoms with Crippen LogP contribution in [-0.2, 0) is 6.54 Å². The van der Waals surface area contributed by atoms with Gasteiger partial charge in [0, 0.05) is 24.9 Å². The number of hydrogen-bond acceptors (Lipinski definition) is 6. The molecule has 3 aromatic rings. The molecule has 1 aliphatic heterocycles. The van der Waals surface area contributed by atoms with Crippen molar-refractivity contribution >= 4 is 17.4 Å². The Kier molecular flexibility index (Phi) is 5.82. The van der Waals surface area contributed by atoms with Gasteiger partial charge in [-0.3, -0.25) is 4.79 Å². The maximum absolute atomic E-state index is 13.5. The van der Waals surface area contributed by atoms with Crippen molar-refractivity contribution in [3.05, 3.63) is 53.6 Å². The molecule has 142 valence electrons. The maximum Gasteiger partial charge on any atom is 0.256 e. The number of anilines is 1. The fourth-order valence-electron chi connectivity index (χ4n) is 2.56. The summed E-state index contributed by atoms with van der Waals surface area (Å²) in [5.74, 6) is 0.531. The third kappa shape index (κ3) is 4.32. The van der Waals surface area contributed by atoms with Crippen LogP contribution in [0.2, 0.25) is 0 Å². The number of carbonyl (C=O) groups is 1. The summed E-state index contributed by atoms with van der Waals surface area (Å²) in [6.07, 6.45) is 3.19. The van der Waals surface area contributed by atoms with E-state index in [1.54, 1.807) is 25.3 Å². The molecule has 0 unspecified atom stereocenters. The van der Waals surface area contributed by atoms with Crippen molar-refractivity contribution in [1.82, 2.24) is 19.9 Å². The lowest BCUT2D eigenvalue weighted by molar-refractivity contribution is 0.0948. The Balaban J connectivity index is 0.000000659. The predicted molar refractivity (Wildman–Crippen MR) is 97.3 cm³/mol. The van der Waals surface area contributed by atoms with E-state index >= 15 is 0 Å².